The average Bonchev–Trinajstić information content (AvgIpc) is 2.34. The molecule has 0 spiro atoms. The van der Waals surface area contributed by atoms with Gasteiger partial charge in [0.25, 0.3) is 5.69 Å². The fraction of sp³-hybridized carbons (Fsp3) is 0.200. The number of rotatable bonds is 4. The zero-order valence-corrected chi connectivity index (χ0v) is 10.6. The molecule has 0 bridgehead atoms. The summed E-state index contributed by atoms with van der Waals surface area (Å²) >= 11 is 2.76. The number of aldehydes is 1. The number of nitro groups is 1. The van der Waals surface area contributed by atoms with Crippen molar-refractivity contribution in [2.24, 2.45) is 0 Å². The van der Waals surface area contributed by atoms with Crippen molar-refractivity contribution in [2.45, 2.75) is 6.18 Å². The molecule has 0 saturated carbocycles. The van der Waals surface area contributed by atoms with E-state index in [-0.39, 0.29) is 11.6 Å². The Balaban J connectivity index is 3.66. The first-order valence-corrected chi connectivity index (χ1v) is 5.78. The third-order valence-corrected chi connectivity index (χ3v) is 2.73. The molecule has 0 heterocycles. The van der Waals surface area contributed by atoms with E-state index in [4.69, 9.17) is 0 Å². The molecule has 0 aliphatic heterocycles. The Bertz CT molecular complexity index is 556. The van der Waals surface area contributed by atoms with Gasteiger partial charge in [-0.1, -0.05) is 15.9 Å². The van der Waals surface area contributed by atoms with Crippen LogP contribution >= 0.6 is 15.9 Å². The summed E-state index contributed by atoms with van der Waals surface area (Å²) < 4.78 is 38.0. The van der Waals surface area contributed by atoms with Gasteiger partial charge in [0.2, 0.25) is 0 Å². The number of carbonyl (C=O) groups excluding carboxylic acids is 2. The molecule has 0 N–H and O–H groups in total. The van der Waals surface area contributed by atoms with Crippen molar-refractivity contribution in [2.75, 3.05) is 5.33 Å². The van der Waals surface area contributed by atoms with Gasteiger partial charge in [-0.05, 0) is 6.07 Å². The Morgan fingerprint density at radius 3 is 2.37 bits per heavy atom. The number of Topliss-reactive ketones (excluding diaryl/α,β-unsaturated/α-hetero) is 1. The summed E-state index contributed by atoms with van der Waals surface area (Å²) in [6.07, 6.45) is -4.89. The number of nitrogens with zero attached hydrogens (tertiary/aromatic N) is 1. The van der Waals surface area contributed by atoms with Crippen LogP contribution < -0.4 is 0 Å². The van der Waals surface area contributed by atoms with Crippen molar-refractivity contribution in [1.82, 2.24) is 0 Å². The van der Waals surface area contributed by atoms with Crippen LogP contribution in [0.4, 0.5) is 18.9 Å². The minimum Gasteiger partial charge on any atom is -0.298 e. The highest BCUT2D eigenvalue weighted by Crippen LogP contribution is 2.37. The van der Waals surface area contributed by atoms with E-state index in [1.165, 1.54) is 0 Å². The Morgan fingerprint density at radius 2 is 2.00 bits per heavy atom. The number of halogens is 4. The summed E-state index contributed by atoms with van der Waals surface area (Å²) in [6, 6.07) is 0.775. The summed E-state index contributed by atoms with van der Waals surface area (Å²) in [6.45, 7) is 0. The SMILES string of the molecule is O=Cc1cc([N+](=O)[O-])c(C(F)(F)F)cc1C(=O)CBr. The molecule has 1 rings (SSSR count). The fourth-order valence-electron chi connectivity index (χ4n) is 1.39. The highest BCUT2D eigenvalue weighted by molar-refractivity contribution is 9.09. The van der Waals surface area contributed by atoms with E-state index >= 15 is 0 Å². The van der Waals surface area contributed by atoms with Gasteiger partial charge in [-0.25, -0.2) is 0 Å². The first-order chi connectivity index (χ1) is 8.72. The minimum atomic E-state index is -4.99. The smallest absolute Gasteiger partial charge is 0.298 e. The normalized spacial score (nSPS) is 11.2. The predicted octanol–water partition coefficient (Wildman–Crippen LogP) is 3.00. The zero-order valence-electron chi connectivity index (χ0n) is 9.03. The first-order valence-electron chi connectivity index (χ1n) is 4.66. The number of nitro benzene ring substituents is 1. The highest BCUT2D eigenvalue weighted by Gasteiger charge is 2.39. The second-order valence-corrected chi connectivity index (χ2v) is 3.95. The van der Waals surface area contributed by atoms with Gasteiger partial charge in [0.15, 0.2) is 12.1 Å². The standard InChI is InChI=1S/C10H5BrF3NO4/c11-3-9(17)6-2-7(10(12,13)14)8(15(18)19)1-5(6)4-16/h1-2,4H,3H2. The molecule has 0 saturated heterocycles. The number of carbonyl (C=O) groups is 2. The number of hydrogen-bond acceptors (Lipinski definition) is 4. The van der Waals surface area contributed by atoms with E-state index in [1.807, 2.05) is 0 Å². The summed E-state index contributed by atoms with van der Waals surface area (Å²) in [5.41, 5.74) is -3.79. The molecule has 0 fully saturated rings. The fourth-order valence-corrected chi connectivity index (χ4v) is 1.70. The number of benzene rings is 1. The molecule has 0 amide bonds. The molecule has 0 radical (unpaired) electrons. The first kappa shape index (κ1) is 15.3. The topological polar surface area (TPSA) is 77.3 Å². The van der Waals surface area contributed by atoms with Crippen LogP contribution in [-0.2, 0) is 6.18 Å². The second-order valence-electron chi connectivity index (χ2n) is 3.39. The highest BCUT2D eigenvalue weighted by atomic mass is 79.9. The van der Waals surface area contributed by atoms with Crippen LogP contribution in [0.5, 0.6) is 0 Å². The van der Waals surface area contributed by atoms with Crippen LogP contribution in [0.2, 0.25) is 0 Å². The Hall–Kier alpha value is -1.77. The maximum Gasteiger partial charge on any atom is 0.423 e. The lowest BCUT2D eigenvalue weighted by atomic mass is 10.00. The molecule has 1 aromatic rings. The Kier molecular flexibility index (Phi) is 4.40. The van der Waals surface area contributed by atoms with Gasteiger partial charge < -0.3 is 0 Å². The van der Waals surface area contributed by atoms with E-state index in [0.29, 0.717) is 12.1 Å². The quantitative estimate of drug-likeness (QED) is 0.278. The Labute approximate surface area is 112 Å². The summed E-state index contributed by atoms with van der Waals surface area (Å²) in [5, 5.41) is 10.3. The van der Waals surface area contributed by atoms with E-state index in [2.05, 4.69) is 15.9 Å². The monoisotopic (exact) mass is 339 g/mol. The van der Waals surface area contributed by atoms with E-state index in [1.54, 1.807) is 0 Å². The molecule has 5 nitrogen and oxygen atoms in total. The van der Waals surface area contributed by atoms with Gasteiger partial charge in [-0.3, -0.25) is 19.7 Å². The van der Waals surface area contributed by atoms with Gasteiger partial charge in [0.05, 0.1) is 10.3 Å². The van der Waals surface area contributed by atoms with E-state index in [9.17, 15) is 32.9 Å². The number of ketones is 1. The summed E-state index contributed by atoms with van der Waals surface area (Å²) in [4.78, 5) is 31.5. The molecule has 19 heavy (non-hydrogen) atoms. The maximum absolute atomic E-state index is 12.7. The molecule has 1 aromatic carbocycles. The van der Waals surface area contributed by atoms with Gasteiger partial charge >= 0.3 is 6.18 Å². The molecule has 0 aliphatic rings. The molecular formula is C10H5BrF3NO4. The minimum absolute atomic E-state index is 0.100. The van der Waals surface area contributed by atoms with Crippen molar-refractivity contribution >= 4 is 33.7 Å². The van der Waals surface area contributed by atoms with E-state index < -0.39 is 39.3 Å². The van der Waals surface area contributed by atoms with Crippen LogP contribution in [0.3, 0.4) is 0 Å². The van der Waals surface area contributed by atoms with Crippen LogP contribution in [-0.4, -0.2) is 22.3 Å². The van der Waals surface area contributed by atoms with Gasteiger partial charge in [0.1, 0.15) is 5.56 Å². The third-order valence-electron chi connectivity index (χ3n) is 2.22. The van der Waals surface area contributed by atoms with Crippen molar-refractivity contribution in [3.63, 3.8) is 0 Å². The molecular weight excluding hydrogens is 335 g/mol. The van der Waals surface area contributed by atoms with Crippen molar-refractivity contribution < 1.29 is 27.7 Å². The summed E-state index contributed by atoms with van der Waals surface area (Å²) in [7, 11) is 0. The number of hydrogen-bond donors (Lipinski definition) is 0. The predicted molar refractivity (Wildman–Crippen MR) is 61.6 cm³/mol. The molecule has 0 aliphatic carbocycles. The van der Waals surface area contributed by atoms with Crippen molar-refractivity contribution in [3.8, 4) is 0 Å². The maximum atomic E-state index is 12.7. The lowest BCUT2D eigenvalue weighted by molar-refractivity contribution is -0.388. The van der Waals surface area contributed by atoms with Crippen molar-refractivity contribution in [3.05, 3.63) is 38.9 Å². The number of alkyl halides is 4. The molecule has 9 heteroatoms. The van der Waals surface area contributed by atoms with Gasteiger partial charge in [0, 0.05) is 17.2 Å². The summed E-state index contributed by atoms with van der Waals surface area (Å²) in [5.74, 6) is -0.775. The largest absolute Gasteiger partial charge is 0.423 e. The molecule has 0 atom stereocenters. The van der Waals surface area contributed by atoms with Crippen molar-refractivity contribution in [1.29, 1.82) is 0 Å². The molecule has 102 valence electrons. The van der Waals surface area contributed by atoms with Crippen LogP contribution in [0.1, 0.15) is 26.3 Å². The Morgan fingerprint density at radius 1 is 1.42 bits per heavy atom. The molecule has 0 aromatic heterocycles. The third kappa shape index (κ3) is 3.16. The lowest BCUT2D eigenvalue weighted by Gasteiger charge is -2.10. The van der Waals surface area contributed by atoms with Gasteiger partial charge in [-0.15, -0.1) is 0 Å². The lowest BCUT2D eigenvalue weighted by Crippen LogP contribution is -2.13. The molecule has 0 unspecified atom stereocenters. The van der Waals surface area contributed by atoms with Gasteiger partial charge in [-0.2, -0.15) is 13.2 Å². The van der Waals surface area contributed by atoms with Crippen LogP contribution in [0, 0.1) is 10.1 Å². The second kappa shape index (κ2) is 5.47. The van der Waals surface area contributed by atoms with Crippen LogP contribution in [0.15, 0.2) is 12.1 Å². The average molecular weight is 340 g/mol. The van der Waals surface area contributed by atoms with Crippen LogP contribution in [0.25, 0.3) is 0 Å². The zero-order chi connectivity index (χ0) is 14.8. The van der Waals surface area contributed by atoms with E-state index in [0.717, 1.165) is 0 Å².